The normalized spacial score (nSPS) is 10.9. The maximum Gasteiger partial charge on any atom is 0.334 e. The molecule has 0 spiro atoms. The van der Waals surface area contributed by atoms with Crippen LogP contribution in [0.1, 0.15) is 0 Å². The molecule has 0 aromatic heterocycles. The summed E-state index contributed by atoms with van der Waals surface area (Å²) in [5, 5.41) is 2.90. The number of carbonyl (C=O) groups is 1. The fraction of sp³-hybridized carbons (Fsp3) is 0. The first-order valence-electron chi connectivity index (χ1n) is 5.87. The lowest BCUT2D eigenvalue weighted by Gasteiger charge is -2.09. The summed E-state index contributed by atoms with van der Waals surface area (Å²) in [6, 6.07) is 13.4. The molecule has 0 aliphatic carbocycles. The lowest BCUT2D eigenvalue weighted by Crippen LogP contribution is -2.43. The van der Waals surface area contributed by atoms with Gasteiger partial charge in [0.25, 0.3) is 10.0 Å². The number of nitrogens with one attached hydrogen (secondary N) is 3. The summed E-state index contributed by atoms with van der Waals surface area (Å²) < 4.78 is 23.7. The quantitative estimate of drug-likeness (QED) is 0.754. The minimum atomic E-state index is -3.80. The molecule has 0 saturated heterocycles. The number of amides is 2. The topological polar surface area (TPSA) is 87.3 Å². The van der Waals surface area contributed by atoms with E-state index in [1.54, 1.807) is 36.4 Å². The molecule has 0 fully saturated rings. The molecule has 3 N–H and O–H groups in total. The molecule has 110 valence electrons. The van der Waals surface area contributed by atoms with Gasteiger partial charge in [0.05, 0.1) is 4.90 Å². The Hall–Kier alpha value is -2.09. The summed E-state index contributed by atoms with van der Waals surface area (Å²) in [6.45, 7) is 0. The van der Waals surface area contributed by atoms with Crippen molar-refractivity contribution in [1.82, 2.24) is 10.3 Å². The van der Waals surface area contributed by atoms with E-state index in [-0.39, 0.29) is 4.90 Å². The Morgan fingerprint density at radius 1 is 1.00 bits per heavy atom. The molecule has 2 aromatic carbocycles. The highest BCUT2D eigenvalue weighted by Gasteiger charge is 2.14. The van der Waals surface area contributed by atoms with Gasteiger partial charge >= 0.3 is 6.03 Å². The fourth-order valence-corrected chi connectivity index (χ4v) is 2.55. The first-order chi connectivity index (χ1) is 9.97. The van der Waals surface area contributed by atoms with Crippen molar-refractivity contribution in [2.24, 2.45) is 0 Å². The van der Waals surface area contributed by atoms with Crippen molar-refractivity contribution in [2.75, 3.05) is 5.32 Å². The number of anilines is 1. The number of hydrazine groups is 1. The number of carbonyl (C=O) groups excluding carboxylic acids is 1. The minimum Gasteiger partial charge on any atom is -0.307 e. The summed E-state index contributed by atoms with van der Waals surface area (Å²) in [5.74, 6) is 0. The van der Waals surface area contributed by atoms with Crippen molar-refractivity contribution in [1.29, 1.82) is 0 Å². The third-order valence-corrected chi connectivity index (χ3v) is 3.93. The summed E-state index contributed by atoms with van der Waals surface area (Å²) in [7, 11) is -3.80. The van der Waals surface area contributed by atoms with Crippen LogP contribution in [0.4, 0.5) is 10.5 Å². The lowest BCUT2D eigenvalue weighted by molar-refractivity contribution is 0.250. The van der Waals surface area contributed by atoms with E-state index in [4.69, 9.17) is 11.6 Å². The lowest BCUT2D eigenvalue weighted by atomic mass is 10.3. The molecule has 2 aromatic rings. The Labute approximate surface area is 127 Å². The second-order valence-corrected chi connectivity index (χ2v) is 6.13. The summed E-state index contributed by atoms with van der Waals surface area (Å²) in [5.41, 5.74) is 2.50. The number of sulfonamides is 1. The van der Waals surface area contributed by atoms with Gasteiger partial charge in [-0.3, -0.25) is 5.43 Å². The predicted molar refractivity (Wildman–Crippen MR) is 80.4 cm³/mol. The van der Waals surface area contributed by atoms with Crippen molar-refractivity contribution in [3.8, 4) is 0 Å². The van der Waals surface area contributed by atoms with Crippen LogP contribution in [-0.4, -0.2) is 14.4 Å². The summed E-state index contributed by atoms with van der Waals surface area (Å²) >= 11 is 5.77. The number of hydrogen-bond donors (Lipinski definition) is 3. The Bertz CT molecular complexity index is 735. The van der Waals surface area contributed by atoms with Crippen molar-refractivity contribution in [3.63, 3.8) is 0 Å². The molecule has 0 atom stereocenters. The highest BCUT2D eigenvalue weighted by molar-refractivity contribution is 7.89. The number of halogens is 1. The molecule has 0 unspecified atom stereocenters. The van der Waals surface area contributed by atoms with E-state index in [0.717, 1.165) is 0 Å². The Kier molecular flexibility index (Phi) is 4.79. The van der Waals surface area contributed by atoms with E-state index >= 15 is 0 Å². The molecule has 2 amide bonds. The molecule has 0 heterocycles. The SMILES string of the molecule is O=C(NNS(=O)(=O)c1ccccc1)Nc1cccc(Cl)c1. The van der Waals surface area contributed by atoms with Gasteiger partial charge in [-0.25, -0.2) is 13.2 Å². The van der Waals surface area contributed by atoms with E-state index in [1.165, 1.54) is 18.2 Å². The number of rotatable bonds is 4. The number of urea groups is 1. The zero-order chi connectivity index (χ0) is 15.3. The maximum atomic E-state index is 11.9. The smallest absolute Gasteiger partial charge is 0.307 e. The van der Waals surface area contributed by atoms with Crippen LogP contribution >= 0.6 is 11.6 Å². The average molecular weight is 326 g/mol. The molecular weight excluding hydrogens is 314 g/mol. The first kappa shape index (κ1) is 15.3. The number of benzene rings is 2. The summed E-state index contributed by atoms with van der Waals surface area (Å²) in [6.07, 6.45) is 0. The highest BCUT2D eigenvalue weighted by atomic mass is 35.5. The van der Waals surface area contributed by atoms with Crippen LogP contribution in [0, 0.1) is 0 Å². The van der Waals surface area contributed by atoms with Gasteiger partial charge < -0.3 is 5.32 Å². The van der Waals surface area contributed by atoms with Gasteiger partial charge in [-0.1, -0.05) is 35.9 Å². The summed E-state index contributed by atoms with van der Waals surface area (Å²) in [4.78, 5) is 13.6. The molecule has 8 heteroatoms. The highest BCUT2D eigenvalue weighted by Crippen LogP contribution is 2.14. The van der Waals surface area contributed by atoms with Crippen molar-refractivity contribution in [2.45, 2.75) is 4.90 Å². The van der Waals surface area contributed by atoms with Crippen LogP contribution in [0.25, 0.3) is 0 Å². The zero-order valence-corrected chi connectivity index (χ0v) is 12.3. The van der Waals surface area contributed by atoms with Crippen molar-refractivity contribution in [3.05, 3.63) is 59.6 Å². The van der Waals surface area contributed by atoms with Gasteiger partial charge in [0, 0.05) is 10.7 Å². The molecular formula is C13H12ClN3O3S. The van der Waals surface area contributed by atoms with Crippen molar-refractivity contribution < 1.29 is 13.2 Å². The van der Waals surface area contributed by atoms with E-state index in [1.807, 2.05) is 4.83 Å². The second kappa shape index (κ2) is 6.57. The first-order valence-corrected chi connectivity index (χ1v) is 7.73. The van der Waals surface area contributed by atoms with Crippen LogP contribution in [0.5, 0.6) is 0 Å². The monoisotopic (exact) mass is 325 g/mol. The predicted octanol–water partition coefficient (Wildman–Crippen LogP) is 2.36. The van der Waals surface area contributed by atoms with Gasteiger partial charge in [0.2, 0.25) is 0 Å². The standard InChI is InChI=1S/C13H12ClN3O3S/c14-10-5-4-6-11(9-10)15-13(18)16-17-21(19,20)12-7-2-1-3-8-12/h1-9,17H,(H2,15,16,18). The van der Waals surface area contributed by atoms with Gasteiger partial charge in [0.1, 0.15) is 0 Å². The van der Waals surface area contributed by atoms with Crippen LogP contribution in [-0.2, 0) is 10.0 Å². The van der Waals surface area contributed by atoms with E-state index in [0.29, 0.717) is 10.7 Å². The third-order valence-electron chi connectivity index (χ3n) is 2.43. The second-order valence-electron chi connectivity index (χ2n) is 4.01. The van der Waals surface area contributed by atoms with Crippen LogP contribution in [0.2, 0.25) is 5.02 Å². The molecule has 6 nitrogen and oxygen atoms in total. The molecule has 0 bridgehead atoms. The van der Waals surface area contributed by atoms with E-state index in [9.17, 15) is 13.2 Å². The average Bonchev–Trinajstić information content (AvgIpc) is 2.46. The molecule has 0 saturated carbocycles. The van der Waals surface area contributed by atoms with E-state index < -0.39 is 16.1 Å². The number of hydrogen-bond acceptors (Lipinski definition) is 3. The largest absolute Gasteiger partial charge is 0.334 e. The zero-order valence-electron chi connectivity index (χ0n) is 10.7. The van der Waals surface area contributed by atoms with Gasteiger partial charge in [0.15, 0.2) is 0 Å². The molecule has 0 aliphatic heterocycles. The maximum absolute atomic E-state index is 11.9. The Morgan fingerprint density at radius 3 is 2.38 bits per heavy atom. The van der Waals surface area contributed by atoms with Gasteiger partial charge in [-0.05, 0) is 30.3 Å². The van der Waals surface area contributed by atoms with Crippen LogP contribution < -0.4 is 15.6 Å². The van der Waals surface area contributed by atoms with Gasteiger partial charge in [-0.15, -0.1) is 4.83 Å². The molecule has 2 rings (SSSR count). The third kappa shape index (κ3) is 4.45. The van der Waals surface area contributed by atoms with Gasteiger partial charge in [-0.2, -0.15) is 0 Å². The minimum absolute atomic E-state index is 0.0491. The Balaban J connectivity index is 1.95. The van der Waals surface area contributed by atoms with Crippen LogP contribution in [0.15, 0.2) is 59.5 Å². The van der Waals surface area contributed by atoms with Crippen LogP contribution in [0.3, 0.4) is 0 Å². The fourth-order valence-electron chi connectivity index (χ4n) is 1.50. The molecule has 0 radical (unpaired) electrons. The van der Waals surface area contributed by atoms with Crippen molar-refractivity contribution >= 4 is 33.3 Å². The van der Waals surface area contributed by atoms with E-state index in [2.05, 4.69) is 10.7 Å². The molecule has 0 aliphatic rings. The molecule has 21 heavy (non-hydrogen) atoms. The Morgan fingerprint density at radius 2 is 1.71 bits per heavy atom.